The highest BCUT2D eigenvalue weighted by atomic mass is 16.5. The molecule has 0 saturated heterocycles. The van der Waals surface area contributed by atoms with Crippen LogP contribution in [0.3, 0.4) is 0 Å². The van der Waals surface area contributed by atoms with E-state index in [1.165, 1.54) is 0 Å². The van der Waals surface area contributed by atoms with E-state index >= 15 is 0 Å². The second-order valence-corrected chi connectivity index (χ2v) is 4.94. The largest absolute Gasteiger partial charge is 0.496 e. The summed E-state index contributed by atoms with van der Waals surface area (Å²) in [4.78, 5) is 16.4. The van der Waals surface area contributed by atoms with Crippen molar-refractivity contribution < 1.29 is 9.53 Å². The fourth-order valence-electron chi connectivity index (χ4n) is 2.39. The Labute approximate surface area is 128 Å². The van der Waals surface area contributed by atoms with Crippen LogP contribution in [-0.2, 0) is 17.8 Å². The van der Waals surface area contributed by atoms with Crippen molar-refractivity contribution in [2.45, 2.75) is 13.0 Å². The molecule has 0 aliphatic heterocycles. The Morgan fingerprint density at radius 1 is 1.23 bits per heavy atom. The van der Waals surface area contributed by atoms with Gasteiger partial charge in [0, 0.05) is 11.8 Å². The smallest absolute Gasteiger partial charge is 0.224 e. The standard InChI is InChI=1S/C17H17N3O2/c1-22-15-8-3-2-6-13(15)10-17(21)19-12-16-18-11-14-7-4-5-9-20(14)16/h2-9,11H,10,12H2,1H3,(H,19,21). The van der Waals surface area contributed by atoms with Crippen LogP contribution in [0.4, 0.5) is 0 Å². The molecule has 2 heterocycles. The number of aromatic nitrogens is 2. The fourth-order valence-corrected chi connectivity index (χ4v) is 2.39. The van der Waals surface area contributed by atoms with Gasteiger partial charge >= 0.3 is 0 Å². The van der Waals surface area contributed by atoms with Crippen LogP contribution < -0.4 is 10.1 Å². The van der Waals surface area contributed by atoms with E-state index in [0.29, 0.717) is 6.54 Å². The number of methoxy groups -OCH3 is 1. The van der Waals surface area contributed by atoms with Gasteiger partial charge in [-0.2, -0.15) is 0 Å². The summed E-state index contributed by atoms with van der Waals surface area (Å²) in [7, 11) is 1.60. The highest BCUT2D eigenvalue weighted by molar-refractivity contribution is 5.79. The molecule has 3 aromatic rings. The Kier molecular flexibility index (Phi) is 4.05. The lowest BCUT2D eigenvalue weighted by Crippen LogP contribution is -2.25. The van der Waals surface area contributed by atoms with Crippen LogP contribution in [0.1, 0.15) is 11.4 Å². The molecule has 0 atom stereocenters. The van der Waals surface area contributed by atoms with E-state index in [1.807, 2.05) is 53.1 Å². The van der Waals surface area contributed by atoms with Crippen LogP contribution in [0, 0.1) is 0 Å². The van der Waals surface area contributed by atoms with Gasteiger partial charge in [-0.1, -0.05) is 24.3 Å². The summed E-state index contributed by atoms with van der Waals surface area (Å²) in [6.07, 6.45) is 4.01. The van der Waals surface area contributed by atoms with Gasteiger partial charge in [-0.3, -0.25) is 4.79 Å². The number of rotatable bonds is 5. The summed E-state index contributed by atoms with van der Waals surface area (Å²) < 4.78 is 7.22. The minimum absolute atomic E-state index is 0.0582. The zero-order valence-electron chi connectivity index (χ0n) is 12.3. The number of benzene rings is 1. The maximum Gasteiger partial charge on any atom is 0.224 e. The minimum atomic E-state index is -0.0582. The van der Waals surface area contributed by atoms with Crippen LogP contribution >= 0.6 is 0 Å². The topological polar surface area (TPSA) is 55.6 Å². The highest BCUT2D eigenvalue weighted by Crippen LogP contribution is 2.17. The summed E-state index contributed by atoms with van der Waals surface area (Å²) >= 11 is 0. The lowest BCUT2D eigenvalue weighted by molar-refractivity contribution is -0.120. The third-order valence-corrected chi connectivity index (χ3v) is 3.50. The summed E-state index contributed by atoms with van der Waals surface area (Å²) in [6, 6.07) is 13.4. The van der Waals surface area contributed by atoms with Crippen LogP contribution in [0.5, 0.6) is 5.75 Å². The molecule has 22 heavy (non-hydrogen) atoms. The molecule has 0 fully saturated rings. The molecule has 3 rings (SSSR count). The number of nitrogens with zero attached hydrogens (tertiary/aromatic N) is 2. The van der Waals surface area contributed by atoms with E-state index in [1.54, 1.807) is 13.3 Å². The number of carbonyl (C=O) groups excluding carboxylic acids is 1. The van der Waals surface area contributed by atoms with Gasteiger partial charge in [-0.25, -0.2) is 4.98 Å². The molecule has 112 valence electrons. The van der Waals surface area contributed by atoms with Gasteiger partial charge in [-0.05, 0) is 18.2 Å². The van der Waals surface area contributed by atoms with Crippen molar-refractivity contribution in [1.82, 2.24) is 14.7 Å². The molecule has 0 saturated carbocycles. The van der Waals surface area contributed by atoms with Gasteiger partial charge in [0.1, 0.15) is 11.6 Å². The van der Waals surface area contributed by atoms with E-state index in [4.69, 9.17) is 4.74 Å². The molecular weight excluding hydrogens is 278 g/mol. The Morgan fingerprint density at radius 3 is 2.91 bits per heavy atom. The number of fused-ring (bicyclic) bond motifs is 1. The SMILES string of the molecule is COc1ccccc1CC(=O)NCc1ncc2ccccn12. The van der Waals surface area contributed by atoms with E-state index in [2.05, 4.69) is 10.3 Å². The monoisotopic (exact) mass is 295 g/mol. The minimum Gasteiger partial charge on any atom is -0.496 e. The summed E-state index contributed by atoms with van der Waals surface area (Å²) in [5, 5.41) is 2.90. The predicted octanol–water partition coefficient (Wildman–Crippen LogP) is 2.20. The maximum absolute atomic E-state index is 12.1. The molecule has 0 bridgehead atoms. The van der Waals surface area contributed by atoms with Crippen molar-refractivity contribution >= 4 is 11.4 Å². The number of hydrogen-bond acceptors (Lipinski definition) is 3. The first-order chi connectivity index (χ1) is 10.8. The molecule has 1 N–H and O–H groups in total. The first kappa shape index (κ1) is 14.1. The van der Waals surface area contributed by atoms with Crippen molar-refractivity contribution in [2.75, 3.05) is 7.11 Å². The number of ether oxygens (including phenoxy) is 1. The zero-order chi connectivity index (χ0) is 15.4. The molecule has 2 aromatic heterocycles. The summed E-state index contributed by atoms with van der Waals surface area (Å²) in [6.45, 7) is 0.395. The summed E-state index contributed by atoms with van der Waals surface area (Å²) in [5.74, 6) is 1.48. The van der Waals surface area contributed by atoms with Gasteiger partial charge in [-0.15, -0.1) is 0 Å². The second-order valence-electron chi connectivity index (χ2n) is 4.94. The average Bonchev–Trinajstić information content (AvgIpc) is 2.97. The first-order valence-electron chi connectivity index (χ1n) is 7.07. The maximum atomic E-state index is 12.1. The molecule has 1 aromatic carbocycles. The molecular formula is C17H17N3O2. The van der Waals surface area contributed by atoms with E-state index < -0.39 is 0 Å². The zero-order valence-corrected chi connectivity index (χ0v) is 12.3. The molecule has 5 nitrogen and oxygen atoms in total. The Bertz CT molecular complexity index is 795. The van der Waals surface area contributed by atoms with Gasteiger partial charge in [0.05, 0.1) is 31.8 Å². The molecule has 0 radical (unpaired) electrons. The molecule has 0 spiro atoms. The molecule has 0 aliphatic rings. The predicted molar refractivity (Wildman–Crippen MR) is 83.7 cm³/mol. The van der Waals surface area contributed by atoms with Crippen molar-refractivity contribution in [3.63, 3.8) is 0 Å². The lowest BCUT2D eigenvalue weighted by Gasteiger charge is -2.08. The van der Waals surface area contributed by atoms with Gasteiger partial charge in [0.25, 0.3) is 0 Å². The quantitative estimate of drug-likeness (QED) is 0.785. The highest BCUT2D eigenvalue weighted by Gasteiger charge is 2.09. The average molecular weight is 295 g/mol. The first-order valence-corrected chi connectivity index (χ1v) is 7.07. The Morgan fingerprint density at radius 2 is 2.05 bits per heavy atom. The van der Waals surface area contributed by atoms with Gasteiger partial charge in [0.2, 0.25) is 5.91 Å². The van der Waals surface area contributed by atoms with Crippen molar-refractivity contribution in [2.24, 2.45) is 0 Å². The number of hydrogen-bond donors (Lipinski definition) is 1. The Balaban J connectivity index is 1.65. The third kappa shape index (κ3) is 2.93. The van der Waals surface area contributed by atoms with Crippen LogP contribution in [0.25, 0.3) is 5.52 Å². The number of carbonyl (C=O) groups is 1. The number of para-hydroxylation sites is 1. The van der Waals surface area contributed by atoms with E-state index in [0.717, 1.165) is 22.7 Å². The van der Waals surface area contributed by atoms with Crippen LogP contribution in [0.2, 0.25) is 0 Å². The lowest BCUT2D eigenvalue weighted by atomic mass is 10.1. The van der Waals surface area contributed by atoms with E-state index in [9.17, 15) is 4.79 Å². The Hall–Kier alpha value is -2.82. The second kappa shape index (κ2) is 6.30. The van der Waals surface area contributed by atoms with Gasteiger partial charge in [0.15, 0.2) is 0 Å². The van der Waals surface area contributed by atoms with Crippen LogP contribution in [-0.4, -0.2) is 22.4 Å². The van der Waals surface area contributed by atoms with E-state index in [-0.39, 0.29) is 12.3 Å². The normalized spacial score (nSPS) is 10.6. The molecule has 5 heteroatoms. The van der Waals surface area contributed by atoms with Crippen LogP contribution in [0.15, 0.2) is 54.9 Å². The number of nitrogens with one attached hydrogen (secondary N) is 1. The van der Waals surface area contributed by atoms with Crippen molar-refractivity contribution in [3.8, 4) is 5.75 Å². The number of pyridine rings is 1. The molecule has 0 unspecified atom stereocenters. The number of amides is 1. The molecule has 0 aliphatic carbocycles. The van der Waals surface area contributed by atoms with Crippen molar-refractivity contribution in [3.05, 3.63) is 66.2 Å². The summed E-state index contributed by atoms with van der Waals surface area (Å²) in [5.41, 5.74) is 1.88. The van der Waals surface area contributed by atoms with Crippen molar-refractivity contribution in [1.29, 1.82) is 0 Å². The fraction of sp³-hybridized carbons (Fsp3) is 0.176. The van der Waals surface area contributed by atoms with Gasteiger partial charge < -0.3 is 14.5 Å². The third-order valence-electron chi connectivity index (χ3n) is 3.50. The number of imidazole rings is 1. The molecule has 1 amide bonds.